The van der Waals surface area contributed by atoms with Crippen molar-refractivity contribution < 1.29 is 27.9 Å². The Bertz CT molecular complexity index is 1290. The van der Waals surface area contributed by atoms with E-state index in [1.54, 1.807) is 62.6 Å². The average Bonchev–Trinajstić information content (AvgIpc) is 2.84. The van der Waals surface area contributed by atoms with E-state index in [4.69, 9.17) is 9.84 Å². The zero-order valence-corrected chi connectivity index (χ0v) is 21.3. The van der Waals surface area contributed by atoms with Crippen molar-refractivity contribution in [3.63, 3.8) is 0 Å². The smallest absolute Gasteiger partial charge is 0.303 e. The SMILES string of the molecule is Cc1ccc(S(=O)(=O)N[C@@H](Cc2ccc(Oc3ccc(CCC(=O)O)cc3)cc2)C(=O)N(C)C)cc1. The maximum Gasteiger partial charge on any atom is 0.303 e. The number of likely N-dealkylation sites (N-methyl/N-ethyl adjacent to an activating group) is 1. The molecule has 0 fully saturated rings. The van der Waals surface area contributed by atoms with Crippen molar-refractivity contribution in [2.24, 2.45) is 0 Å². The van der Waals surface area contributed by atoms with Gasteiger partial charge in [-0.05, 0) is 67.3 Å². The maximum atomic E-state index is 12.9. The molecule has 0 saturated heterocycles. The fourth-order valence-corrected chi connectivity index (χ4v) is 4.69. The Balaban J connectivity index is 1.69. The Morgan fingerprint density at radius 3 is 1.92 bits per heavy atom. The predicted octanol–water partition coefficient (Wildman–Crippen LogP) is 3.78. The lowest BCUT2D eigenvalue weighted by Crippen LogP contribution is -2.47. The van der Waals surface area contributed by atoms with Crippen molar-refractivity contribution in [2.45, 2.75) is 37.1 Å². The number of rotatable bonds is 11. The summed E-state index contributed by atoms with van der Waals surface area (Å²) in [5.74, 6) is -0.0111. The van der Waals surface area contributed by atoms with Crippen LogP contribution < -0.4 is 9.46 Å². The zero-order valence-electron chi connectivity index (χ0n) is 20.5. The van der Waals surface area contributed by atoms with E-state index in [0.717, 1.165) is 16.7 Å². The molecule has 0 aliphatic carbocycles. The molecule has 3 aromatic rings. The van der Waals surface area contributed by atoms with Crippen LogP contribution in [0.5, 0.6) is 11.5 Å². The summed E-state index contributed by atoms with van der Waals surface area (Å²) in [5.41, 5.74) is 2.61. The van der Waals surface area contributed by atoms with Crippen LogP contribution in [0, 0.1) is 6.92 Å². The van der Waals surface area contributed by atoms with E-state index in [0.29, 0.717) is 17.9 Å². The normalized spacial score (nSPS) is 12.1. The van der Waals surface area contributed by atoms with Gasteiger partial charge in [-0.15, -0.1) is 0 Å². The first-order valence-corrected chi connectivity index (χ1v) is 12.9. The Hall–Kier alpha value is -3.69. The van der Waals surface area contributed by atoms with E-state index in [9.17, 15) is 18.0 Å². The fraction of sp³-hybridized carbons (Fsp3) is 0.259. The van der Waals surface area contributed by atoms with Crippen molar-refractivity contribution in [3.8, 4) is 11.5 Å². The number of amides is 1. The van der Waals surface area contributed by atoms with Gasteiger partial charge in [-0.25, -0.2) is 8.42 Å². The van der Waals surface area contributed by atoms with Crippen molar-refractivity contribution in [1.82, 2.24) is 9.62 Å². The lowest BCUT2D eigenvalue weighted by molar-refractivity contribution is -0.137. The molecule has 3 aromatic carbocycles. The zero-order chi connectivity index (χ0) is 26.3. The second-order valence-corrected chi connectivity index (χ2v) is 10.4. The van der Waals surface area contributed by atoms with Gasteiger partial charge in [0.2, 0.25) is 15.9 Å². The molecule has 9 heteroatoms. The van der Waals surface area contributed by atoms with Gasteiger partial charge in [0.15, 0.2) is 0 Å². The summed E-state index contributed by atoms with van der Waals surface area (Å²) < 4.78 is 34.2. The standard InChI is InChI=1S/C27H30N2O6S/c1-19-4-15-24(16-5-19)36(33,34)28-25(27(32)29(2)3)18-21-8-13-23(14-9-21)35-22-11-6-20(7-12-22)10-17-26(30)31/h4-9,11-16,25,28H,10,17-18H2,1-3H3,(H,30,31)/t25-/m0/s1. The first kappa shape index (κ1) is 26.9. The fourth-order valence-electron chi connectivity index (χ4n) is 3.50. The van der Waals surface area contributed by atoms with Crippen LogP contribution >= 0.6 is 0 Å². The minimum absolute atomic E-state index is 0.0696. The number of carboxylic acid groups (broad SMARTS) is 1. The van der Waals surface area contributed by atoms with Crippen LogP contribution in [-0.2, 0) is 32.5 Å². The van der Waals surface area contributed by atoms with Crippen LogP contribution in [0.25, 0.3) is 0 Å². The summed E-state index contributed by atoms with van der Waals surface area (Å²) in [4.78, 5) is 24.9. The third kappa shape index (κ3) is 7.66. The van der Waals surface area contributed by atoms with Crippen molar-refractivity contribution >= 4 is 21.9 Å². The number of hydrogen-bond donors (Lipinski definition) is 2. The number of sulfonamides is 1. The summed E-state index contributed by atoms with van der Waals surface area (Å²) >= 11 is 0. The molecule has 8 nitrogen and oxygen atoms in total. The van der Waals surface area contributed by atoms with E-state index in [-0.39, 0.29) is 23.6 Å². The second kappa shape index (κ2) is 11.8. The highest BCUT2D eigenvalue weighted by atomic mass is 32.2. The molecule has 0 unspecified atom stereocenters. The Morgan fingerprint density at radius 2 is 1.42 bits per heavy atom. The monoisotopic (exact) mass is 510 g/mol. The summed E-state index contributed by atoms with van der Waals surface area (Å²) in [6.45, 7) is 1.87. The number of nitrogens with one attached hydrogen (secondary N) is 1. The van der Waals surface area contributed by atoms with E-state index in [1.807, 2.05) is 19.1 Å². The Morgan fingerprint density at radius 1 is 0.889 bits per heavy atom. The van der Waals surface area contributed by atoms with E-state index >= 15 is 0 Å². The first-order chi connectivity index (χ1) is 17.0. The minimum atomic E-state index is -3.89. The number of carbonyl (C=O) groups is 2. The molecule has 1 atom stereocenters. The van der Waals surface area contributed by atoms with Crippen molar-refractivity contribution in [2.75, 3.05) is 14.1 Å². The minimum Gasteiger partial charge on any atom is -0.481 e. The topological polar surface area (TPSA) is 113 Å². The van der Waals surface area contributed by atoms with Gasteiger partial charge < -0.3 is 14.7 Å². The van der Waals surface area contributed by atoms with Crippen molar-refractivity contribution in [1.29, 1.82) is 0 Å². The highest BCUT2D eigenvalue weighted by Gasteiger charge is 2.27. The average molecular weight is 511 g/mol. The molecule has 1 amide bonds. The molecule has 0 heterocycles. The number of carbonyl (C=O) groups excluding carboxylic acids is 1. The molecule has 0 aliphatic heterocycles. The Kier molecular flexibility index (Phi) is 8.84. The lowest BCUT2D eigenvalue weighted by atomic mass is 10.1. The van der Waals surface area contributed by atoms with Crippen LogP contribution in [0.2, 0.25) is 0 Å². The van der Waals surface area contributed by atoms with Crippen LogP contribution in [0.1, 0.15) is 23.1 Å². The van der Waals surface area contributed by atoms with E-state index in [2.05, 4.69) is 4.72 Å². The maximum absolute atomic E-state index is 12.9. The van der Waals surface area contributed by atoms with Gasteiger partial charge in [0.05, 0.1) is 4.90 Å². The van der Waals surface area contributed by atoms with Crippen LogP contribution in [0.15, 0.2) is 77.7 Å². The van der Waals surface area contributed by atoms with Crippen LogP contribution in [0.3, 0.4) is 0 Å². The Labute approximate surface area is 211 Å². The molecule has 0 aliphatic rings. The largest absolute Gasteiger partial charge is 0.481 e. The van der Waals surface area contributed by atoms with Crippen LogP contribution in [-0.4, -0.2) is 50.4 Å². The lowest BCUT2D eigenvalue weighted by Gasteiger charge is -2.22. The van der Waals surface area contributed by atoms with Gasteiger partial charge >= 0.3 is 5.97 Å². The summed E-state index contributed by atoms with van der Waals surface area (Å²) in [6, 6.07) is 19.7. The number of benzene rings is 3. The molecule has 0 aromatic heterocycles. The predicted molar refractivity (Wildman–Crippen MR) is 137 cm³/mol. The highest BCUT2D eigenvalue weighted by Crippen LogP contribution is 2.23. The number of ether oxygens (including phenoxy) is 1. The molecule has 0 bridgehead atoms. The van der Waals surface area contributed by atoms with Gasteiger partial charge in [-0.3, -0.25) is 9.59 Å². The third-order valence-electron chi connectivity index (χ3n) is 5.52. The summed E-state index contributed by atoms with van der Waals surface area (Å²) in [7, 11) is -0.726. The molecular weight excluding hydrogens is 480 g/mol. The van der Waals surface area contributed by atoms with Gasteiger partial charge in [-0.2, -0.15) is 4.72 Å². The van der Waals surface area contributed by atoms with Gasteiger partial charge in [0.1, 0.15) is 17.5 Å². The molecule has 36 heavy (non-hydrogen) atoms. The summed E-state index contributed by atoms with van der Waals surface area (Å²) in [5, 5.41) is 8.80. The third-order valence-corrected chi connectivity index (χ3v) is 7.00. The first-order valence-electron chi connectivity index (χ1n) is 11.4. The van der Waals surface area contributed by atoms with Gasteiger partial charge in [0, 0.05) is 20.5 Å². The van der Waals surface area contributed by atoms with E-state index in [1.165, 1.54) is 17.0 Å². The number of hydrogen-bond acceptors (Lipinski definition) is 5. The molecule has 190 valence electrons. The number of carboxylic acids is 1. The quantitative estimate of drug-likeness (QED) is 0.406. The highest BCUT2D eigenvalue weighted by molar-refractivity contribution is 7.89. The molecule has 2 N–H and O–H groups in total. The van der Waals surface area contributed by atoms with Gasteiger partial charge in [0.25, 0.3) is 0 Å². The van der Waals surface area contributed by atoms with E-state index < -0.39 is 22.0 Å². The molecule has 0 radical (unpaired) electrons. The van der Waals surface area contributed by atoms with Crippen LogP contribution in [0.4, 0.5) is 0 Å². The molecule has 0 spiro atoms. The number of nitrogens with zero attached hydrogens (tertiary/aromatic N) is 1. The van der Waals surface area contributed by atoms with Crippen molar-refractivity contribution in [3.05, 3.63) is 89.5 Å². The van der Waals surface area contributed by atoms with Gasteiger partial charge in [-0.1, -0.05) is 42.0 Å². The number of aliphatic carboxylic acids is 1. The second-order valence-electron chi connectivity index (χ2n) is 8.71. The summed E-state index contributed by atoms with van der Waals surface area (Å²) in [6.07, 6.45) is 0.686. The molecule has 3 rings (SSSR count). The number of aryl methyl sites for hydroxylation is 2. The molecule has 0 saturated carbocycles. The molecular formula is C27H30N2O6S.